The maximum atomic E-state index is 10.2. The summed E-state index contributed by atoms with van der Waals surface area (Å²) < 4.78 is 0. The lowest BCUT2D eigenvalue weighted by atomic mass is 9.99. The predicted octanol–water partition coefficient (Wildman–Crippen LogP) is 1.65. The molecule has 0 spiro atoms. The van der Waals surface area contributed by atoms with Gasteiger partial charge in [0.05, 0.1) is 12.5 Å². The van der Waals surface area contributed by atoms with Crippen LogP contribution in [0.25, 0.3) is 0 Å². The van der Waals surface area contributed by atoms with Crippen molar-refractivity contribution in [3.63, 3.8) is 0 Å². The number of aliphatic hydroxyl groups is 1. The number of aliphatic hydroxyl groups excluding tert-OH is 1. The second-order valence-electron chi connectivity index (χ2n) is 3.34. The van der Waals surface area contributed by atoms with Gasteiger partial charge in [-0.15, -0.1) is 0 Å². The highest BCUT2D eigenvalue weighted by Crippen LogP contribution is 2.12. The first-order valence-electron chi connectivity index (χ1n) is 4.46. The van der Waals surface area contributed by atoms with Gasteiger partial charge in [0.2, 0.25) is 0 Å². The van der Waals surface area contributed by atoms with E-state index in [2.05, 4.69) is 13.8 Å². The third-order valence-corrected chi connectivity index (χ3v) is 2.10. The number of carboxylic acids is 1. The fourth-order valence-electron chi connectivity index (χ4n) is 0.985. The van der Waals surface area contributed by atoms with Gasteiger partial charge < -0.3 is 10.2 Å². The molecule has 2 unspecified atom stereocenters. The van der Waals surface area contributed by atoms with Crippen molar-refractivity contribution in [3.05, 3.63) is 0 Å². The summed E-state index contributed by atoms with van der Waals surface area (Å²) >= 11 is 0. The number of aliphatic carboxylic acids is 1. The molecule has 0 aromatic heterocycles. The summed E-state index contributed by atoms with van der Waals surface area (Å²) in [5, 5.41) is 17.5. The molecular formula is C9H18O3. The molecule has 0 aliphatic carbocycles. The Labute approximate surface area is 73.4 Å². The Morgan fingerprint density at radius 3 is 2.42 bits per heavy atom. The lowest BCUT2D eigenvalue weighted by molar-refractivity contribution is -0.139. The molecule has 0 heterocycles. The minimum atomic E-state index is -0.924. The highest BCUT2D eigenvalue weighted by atomic mass is 16.4. The Morgan fingerprint density at radius 1 is 1.42 bits per heavy atom. The zero-order valence-electron chi connectivity index (χ0n) is 7.79. The lowest BCUT2D eigenvalue weighted by Gasteiger charge is -2.11. The van der Waals surface area contributed by atoms with Crippen LogP contribution in [0, 0.1) is 5.92 Å². The van der Waals surface area contributed by atoms with Crippen LogP contribution in [-0.4, -0.2) is 22.3 Å². The molecular weight excluding hydrogens is 156 g/mol. The van der Waals surface area contributed by atoms with Gasteiger partial charge in [0, 0.05) is 0 Å². The van der Waals surface area contributed by atoms with Crippen molar-refractivity contribution in [1.82, 2.24) is 0 Å². The summed E-state index contributed by atoms with van der Waals surface area (Å²) in [7, 11) is 0. The van der Waals surface area contributed by atoms with Crippen LogP contribution in [0.3, 0.4) is 0 Å². The van der Waals surface area contributed by atoms with Crippen molar-refractivity contribution in [1.29, 1.82) is 0 Å². The lowest BCUT2D eigenvalue weighted by Crippen LogP contribution is -2.13. The monoisotopic (exact) mass is 174 g/mol. The summed E-state index contributed by atoms with van der Waals surface area (Å²) in [4.78, 5) is 10.2. The van der Waals surface area contributed by atoms with Crippen LogP contribution in [0.1, 0.15) is 39.5 Å². The van der Waals surface area contributed by atoms with Crippen molar-refractivity contribution in [2.45, 2.75) is 45.6 Å². The summed E-state index contributed by atoms with van der Waals surface area (Å²) in [6.45, 7) is 4.20. The minimum Gasteiger partial charge on any atom is -0.481 e. The van der Waals surface area contributed by atoms with Crippen LogP contribution in [-0.2, 0) is 4.79 Å². The van der Waals surface area contributed by atoms with Crippen LogP contribution >= 0.6 is 0 Å². The number of hydrogen-bond acceptors (Lipinski definition) is 2. The molecule has 0 amide bonds. The van der Waals surface area contributed by atoms with E-state index in [1.807, 2.05) is 0 Å². The summed E-state index contributed by atoms with van der Waals surface area (Å²) in [5.74, 6) is -0.347. The molecule has 0 aromatic rings. The molecule has 0 aromatic carbocycles. The maximum absolute atomic E-state index is 10.2. The van der Waals surface area contributed by atoms with Crippen molar-refractivity contribution in [2.24, 2.45) is 5.92 Å². The highest BCUT2D eigenvalue weighted by molar-refractivity contribution is 5.67. The van der Waals surface area contributed by atoms with Gasteiger partial charge in [0.25, 0.3) is 0 Å². The summed E-state index contributed by atoms with van der Waals surface area (Å²) in [6, 6.07) is 0. The van der Waals surface area contributed by atoms with Crippen LogP contribution in [0.15, 0.2) is 0 Å². The molecule has 0 radical (unpaired) electrons. The zero-order valence-corrected chi connectivity index (χ0v) is 7.79. The minimum absolute atomic E-state index is 0.129. The van der Waals surface area contributed by atoms with E-state index < -0.39 is 12.1 Å². The van der Waals surface area contributed by atoms with E-state index in [-0.39, 0.29) is 6.42 Å². The van der Waals surface area contributed by atoms with E-state index >= 15 is 0 Å². The molecule has 0 saturated heterocycles. The average molecular weight is 174 g/mol. The van der Waals surface area contributed by atoms with Gasteiger partial charge in [0.1, 0.15) is 0 Å². The van der Waals surface area contributed by atoms with Gasteiger partial charge in [-0.25, -0.2) is 0 Å². The number of rotatable bonds is 6. The van der Waals surface area contributed by atoms with Crippen molar-refractivity contribution in [3.8, 4) is 0 Å². The average Bonchev–Trinajstić information content (AvgIpc) is 1.99. The molecule has 0 saturated carbocycles. The Kier molecular flexibility index (Phi) is 5.72. The molecule has 72 valence electrons. The smallest absolute Gasteiger partial charge is 0.305 e. The molecule has 0 fully saturated rings. The van der Waals surface area contributed by atoms with Crippen molar-refractivity contribution < 1.29 is 15.0 Å². The van der Waals surface area contributed by atoms with Crippen LogP contribution in [0.2, 0.25) is 0 Å². The first-order valence-corrected chi connectivity index (χ1v) is 4.46. The third kappa shape index (κ3) is 6.16. The van der Waals surface area contributed by atoms with Crippen LogP contribution in [0.5, 0.6) is 0 Å². The van der Waals surface area contributed by atoms with Gasteiger partial charge in [-0.05, 0) is 18.8 Å². The van der Waals surface area contributed by atoms with Crippen molar-refractivity contribution in [2.75, 3.05) is 0 Å². The number of carbonyl (C=O) groups is 1. The molecule has 0 aliphatic rings. The Hall–Kier alpha value is -0.570. The molecule has 0 bridgehead atoms. The van der Waals surface area contributed by atoms with E-state index in [1.165, 1.54) is 0 Å². The summed E-state index contributed by atoms with van der Waals surface area (Å²) in [5.41, 5.74) is 0. The van der Waals surface area contributed by atoms with Crippen LogP contribution < -0.4 is 0 Å². The Morgan fingerprint density at radius 2 is 2.00 bits per heavy atom. The topological polar surface area (TPSA) is 57.5 Å². The number of hydrogen-bond donors (Lipinski definition) is 2. The van der Waals surface area contributed by atoms with Crippen LogP contribution in [0.4, 0.5) is 0 Å². The second-order valence-corrected chi connectivity index (χ2v) is 3.34. The first kappa shape index (κ1) is 11.4. The maximum Gasteiger partial charge on any atom is 0.305 e. The predicted molar refractivity (Wildman–Crippen MR) is 46.9 cm³/mol. The largest absolute Gasteiger partial charge is 0.481 e. The zero-order chi connectivity index (χ0) is 9.56. The van der Waals surface area contributed by atoms with E-state index in [1.54, 1.807) is 0 Å². The molecule has 3 heteroatoms. The standard InChI is InChI=1S/C9H18O3/c1-3-7(2)4-5-8(10)6-9(11)12/h7-8,10H,3-6H2,1-2H3,(H,11,12). The van der Waals surface area contributed by atoms with E-state index in [4.69, 9.17) is 5.11 Å². The van der Waals surface area contributed by atoms with E-state index in [9.17, 15) is 9.90 Å². The third-order valence-electron chi connectivity index (χ3n) is 2.10. The van der Waals surface area contributed by atoms with Gasteiger partial charge in [0.15, 0.2) is 0 Å². The SMILES string of the molecule is CCC(C)CCC(O)CC(=O)O. The van der Waals surface area contributed by atoms with Gasteiger partial charge in [-0.3, -0.25) is 4.79 Å². The molecule has 3 nitrogen and oxygen atoms in total. The summed E-state index contributed by atoms with van der Waals surface area (Å²) in [6.07, 6.45) is 1.79. The molecule has 2 N–H and O–H groups in total. The molecule has 0 aliphatic heterocycles. The van der Waals surface area contributed by atoms with Gasteiger partial charge >= 0.3 is 5.97 Å². The Balaban J connectivity index is 3.43. The fourth-order valence-corrected chi connectivity index (χ4v) is 0.985. The normalized spacial score (nSPS) is 15.6. The molecule has 2 atom stereocenters. The van der Waals surface area contributed by atoms with Gasteiger partial charge in [-0.1, -0.05) is 20.3 Å². The number of carboxylic acid groups (broad SMARTS) is 1. The van der Waals surface area contributed by atoms with Gasteiger partial charge in [-0.2, -0.15) is 0 Å². The Bertz CT molecular complexity index is 134. The second kappa shape index (κ2) is 6.00. The fraction of sp³-hybridized carbons (Fsp3) is 0.889. The van der Waals surface area contributed by atoms with Crippen molar-refractivity contribution >= 4 is 5.97 Å². The molecule has 0 rings (SSSR count). The van der Waals surface area contributed by atoms with E-state index in [0.717, 1.165) is 12.8 Å². The first-order chi connectivity index (χ1) is 5.56. The molecule has 12 heavy (non-hydrogen) atoms. The quantitative estimate of drug-likeness (QED) is 0.643. The van der Waals surface area contributed by atoms with E-state index in [0.29, 0.717) is 12.3 Å². The highest BCUT2D eigenvalue weighted by Gasteiger charge is 2.10.